The number of nitrogens with zero attached hydrogens (tertiary/aromatic N) is 1. The smallest absolute Gasteiger partial charge is 0.264 e. The van der Waals surface area contributed by atoms with Crippen molar-refractivity contribution in [3.63, 3.8) is 0 Å². The Hall–Kier alpha value is -3.28. The lowest BCUT2D eigenvalue weighted by Gasteiger charge is -2.13. The lowest BCUT2D eigenvalue weighted by Crippen LogP contribution is -2.26. The molecule has 1 aromatic heterocycles. The van der Waals surface area contributed by atoms with Crippen LogP contribution in [0, 0.1) is 17.0 Å². The van der Waals surface area contributed by atoms with Gasteiger partial charge in [-0.05, 0) is 18.2 Å². The van der Waals surface area contributed by atoms with E-state index in [0.29, 0.717) is 5.56 Å². The average Bonchev–Trinajstić information content (AvgIpc) is 2.61. The molecule has 1 heterocycles. The third-order valence-electron chi connectivity index (χ3n) is 3.94. The van der Waals surface area contributed by atoms with E-state index in [4.69, 9.17) is 5.41 Å². The number of aromatic nitrogens is 1. The molecular weight excluding hydrogens is 326 g/mol. The summed E-state index contributed by atoms with van der Waals surface area (Å²) >= 11 is 0. The first-order valence-electron chi connectivity index (χ1n) is 7.43. The van der Waals surface area contributed by atoms with Gasteiger partial charge in [-0.1, -0.05) is 30.3 Å². The molecule has 0 aliphatic heterocycles. The number of hydrogen-bond acceptors (Lipinski definition) is 3. The summed E-state index contributed by atoms with van der Waals surface area (Å²) in [6, 6.07) is 13.0. The van der Waals surface area contributed by atoms with E-state index in [-0.39, 0.29) is 22.5 Å². The fraction of sp³-hybridized carbons (Fsp3) is 0.0526. The fourth-order valence-corrected chi connectivity index (χ4v) is 2.60. The maximum Gasteiger partial charge on any atom is 0.264 e. The van der Waals surface area contributed by atoms with Crippen LogP contribution in [0.2, 0.25) is 0 Å². The zero-order valence-electron chi connectivity index (χ0n) is 13.3. The van der Waals surface area contributed by atoms with Crippen molar-refractivity contribution in [1.29, 1.82) is 5.41 Å². The third-order valence-corrected chi connectivity index (χ3v) is 3.94. The van der Waals surface area contributed by atoms with Gasteiger partial charge in [0.25, 0.3) is 5.56 Å². The number of nitrogens with one attached hydrogen (secondary N) is 1. The van der Waals surface area contributed by atoms with Crippen molar-refractivity contribution in [1.82, 2.24) is 4.57 Å². The minimum absolute atomic E-state index is 0.115. The summed E-state index contributed by atoms with van der Waals surface area (Å²) in [5.41, 5.74) is 0.0669. The van der Waals surface area contributed by atoms with E-state index in [9.17, 15) is 18.7 Å². The van der Waals surface area contributed by atoms with Gasteiger partial charge < -0.3 is 9.67 Å². The second kappa shape index (κ2) is 6.32. The summed E-state index contributed by atoms with van der Waals surface area (Å²) < 4.78 is 27.8. The Morgan fingerprint density at radius 1 is 1.04 bits per heavy atom. The molecule has 0 aliphatic carbocycles. The summed E-state index contributed by atoms with van der Waals surface area (Å²) in [5, 5.41) is 18.5. The molecule has 0 saturated carbocycles. The summed E-state index contributed by atoms with van der Waals surface area (Å²) in [4.78, 5) is 12.6. The van der Waals surface area contributed by atoms with E-state index in [2.05, 4.69) is 0 Å². The van der Waals surface area contributed by atoms with E-state index in [1.165, 1.54) is 23.7 Å². The molecule has 0 saturated heterocycles. The first kappa shape index (κ1) is 16.6. The molecule has 0 bridgehead atoms. The van der Waals surface area contributed by atoms with Gasteiger partial charge in [-0.3, -0.25) is 10.2 Å². The zero-order chi connectivity index (χ0) is 18.1. The highest BCUT2D eigenvalue weighted by atomic mass is 19.2. The number of aromatic hydroxyl groups is 1. The van der Waals surface area contributed by atoms with Crippen molar-refractivity contribution in [2.45, 2.75) is 0 Å². The molecule has 0 amide bonds. The van der Waals surface area contributed by atoms with Crippen LogP contribution in [-0.4, -0.2) is 15.4 Å². The SMILES string of the molecule is Cn1c(-c2ccc(F)c(F)c2)cc(O)c(C(=N)c2ccccc2)c1=O. The zero-order valence-corrected chi connectivity index (χ0v) is 13.3. The number of benzene rings is 2. The molecule has 2 N–H and O–H groups in total. The molecule has 0 fully saturated rings. The molecule has 3 rings (SSSR count). The standard InChI is InChI=1S/C19H14F2N2O2/c1-23-15(12-7-8-13(20)14(21)9-12)10-16(24)17(19(23)25)18(22)11-5-3-2-4-6-11/h2-10,22,24H,1H3. The normalized spacial score (nSPS) is 10.7. The largest absolute Gasteiger partial charge is 0.507 e. The van der Waals surface area contributed by atoms with E-state index in [0.717, 1.165) is 12.1 Å². The molecule has 0 radical (unpaired) electrons. The molecule has 2 aromatic carbocycles. The Labute approximate surface area is 142 Å². The van der Waals surface area contributed by atoms with Crippen LogP contribution in [0.4, 0.5) is 8.78 Å². The molecular formula is C19H14F2N2O2. The molecule has 25 heavy (non-hydrogen) atoms. The highest BCUT2D eigenvalue weighted by Gasteiger charge is 2.19. The van der Waals surface area contributed by atoms with Crippen molar-refractivity contribution >= 4 is 5.71 Å². The maximum atomic E-state index is 13.5. The van der Waals surface area contributed by atoms with Crippen molar-refractivity contribution in [3.8, 4) is 17.0 Å². The van der Waals surface area contributed by atoms with Crippen molar-refractivity contribution in [3.05, 3.63) is 87.7 Å². The average molecular weight is 340 g/mol. The van der Waals surface area contributed by atoms with Gasteiger partial charge in [0, 0.05) is 24.2 Å². The quantitative estimate of drug-likeness (QED) is 0.717. The highest BCUT2D eigenvalue weighted by Crippen LogP contribution is 2.26. The molecule has 0 atom stereocenters. The van der Waals surface area contributed by atoms with Crippen LogP contribution in [-0.2, 0) is 7.05 Å². The van der Waals surface area contributed by atoms with Crippen LogP contribution in [0.15, 0.2) is 59.4 Å². The minimum Gasteiger partial charge on any atom is -0.507 e. The summed E-state index contributed by atoms with van der Waals surface area (Å²) in [5.74, 6) is -2.44. The summed E-state index contributed by atoms with van der Waals surface area (Å²) in [6.45, 7) is 0. The van der Waals surface area contributed by atoms with Gasteiger partial charge in [0.05, 0.1) is 11.4 Å². The van der Waals surface area contributed by atoms with E-state index in [1.807, 2.05) is 0 Å². The van der Waals surface area contributed by atoms with Gasteiger partial charge in [0.1, 0.15) is 11.3 Å². The number of halogens is 2. The monoisotopic (exact) mass is 340 g/mol. The first-order valence-corrected chi connectivity index (χ1v) is 7.43. The minimum atomic E-state index is -1.05. The van der Waals surface area contributed by atoms with Gasteiger partial charge >= 0.3 is 0 Å². The van der Waals surface area contributed by atoms with Crippen LogP contribution < -0.4 is 5.56 Å². The van der Waals surface area contributed by atoms with Gasteiger partial charge in [0.2, 0.25) is 0 Å². The number of hydrogen-bond donors (Lipinski definition) is 2. The Morgan fingerprint density at radius 2 is 1.72 bits per heavy atom. The molecule has 0 unspecified atom stereocenters. The Kier molecular flexibility index (Phi) is 4.19. The first-order chi connectivity index (χ1) is 11.9. The Balaban J connectivity index is 2.16. The van der Waals surface area contributed by atoms with Crippen LogP contribution in [0.5, 0.6) is 5.75 Å². The van der Waals surface area contributed by atoms with Crippen molar-refractivity contribution < 1.29 is 13.9 Å². The van der Waals surface area contributed by atoms with E-state index in [1.54, 1.807) is 30.3 Å². The number of pyridine rings is 1. The molecule has 4 nitrogen and oxygen atoms in total. The summed E-state index contributed by atoms with van der Waals surface area (Å²) in [6.07, 6.45) is 0. The van der Waals surface area contributed by atoms with Gasteiger partial charge in [-0.25, -0.2) is 8.78 Å². The van der Waals surface area contributed by atoms with Gasteiger partial charge in [-0.2, -0.15) is 0 Å². The topological polar surface area (TPSA) is 66.1 Å². The second-order valence-corrected chi connectivity index (χ2v) is 5.52. The van der Waals surface area contributed by atoms with Gasteiger partial charge in [-0.15, -0.1) is 0 Å². The molecule has 0 spiro atoms. The Bertz CT molecular complexity index is 1030. The van der Waals surface area contributed by atoms with Crippen molar-refractivity contribution in [2.24, 2.45) is 7.05 Å². The predicted octanol–water partition coefficient (Wildman–Crippen LogP) is 3.45. The Morgan fingerprint density at radius 3 is 2.36 bits per heavy atom. The molecule has 126 valence electrons. The van der Waals surface area contributed by atoms with E-state index >= 15 is 0 Å². The molecule has 6 heteroatoms. The third kappa shape index (κ3) is 2.94. The van der Waals surface area contributed by atoms with Gasteiger partial charge in [0.15, 0.2) is 11.6 Å². The predicted molar refractivity (Wildman–Crippen MR) is 91.1 cm³/mol. The highest BCUT2D eigenvalue weighted by molar-refractivity contribution is 6.12. The van der Waals surface area contributed by atoms with E-state index < -0.39 is 22.9 Å². The molecule has 3 aromatic rings. The second-order valence-electron chi connectivity index (χ2n) is 5.52. The molecule has 0 aliphatic rings. The van der Waals surface area contributed by atoms with Crippen LogP contribution >= 0.6 is 0 Å². The number of rotatable bonds is 3. The fourth-order valence-electron chi connectivity index (χ4n) is 2.60. The van der Waals surface area contributed by atoms with Crippen molar-refractivity contribution in [2.75, 3.05) is 0 Å². The van der Waals surface area contributed by atoms with Crippen LogP contribution in [0.25, 0.3) is 11.3 Å². The van der Waals surface area contributed by atoms with Crippen LogP contribution in [0.1, 0.15) is 11.1 Å². The maximum absolute atomic E-state index is 13.5. The summed E-state index contributed by atoms with van der Waals surface area (Å²) in [7, 11) is 1.44. The lowest BCUT2D eigenvalue weighted by molar-refractivity contribution is 0.471. The lowest BCUT2D eigenvalue weighted by atomic mass is 10.0. The van der Waals surface area contributed by atoms with Crippen LogP contribution in [0.3, 0.4) is 0 Å².